The van der Waals surface area contributed by atoms with E-state index in [4.69, 9.17) is 5.73 Å². The third-order valence-electron chi connectivity index (χ3n) is 3.87. The van der Waals surface area contributed by atoms with E-state index >= 15 is 0 Å². The standard InChI is InChI=1S/C21H25F4N4.Cs/c1-6-18-19(15(3)27-17(13-22)9-11-29(4)5)12-16(8-7-10-26)28-20(18)14(2)21(23,24)25;/h6-8,12-13,27H,1-4,9-11,26H2,5H3;/q-1;+1/b8-7+,17-13-;. The summed E-state index contributed by atoms with van der Waals surface area (Å²) in [5.74, 6) is 0. The molecule has 0 spiro atoms. The first-order valence-corrected chi connectivity index (χ1v) is 8.62. The fourth-order valence-electron chi connectivity index (χ4n) is 2.39. The number of hydrogen-bond acceptors (Lipinski definition) is 4. The summed E-state index contributed by atoms with van der Waals surface area (Å²) in [5.41, 5.74) is 4.91. The number of aromatic nitrogens is 1. The van der Waals surface area contributed by atoms with Gasteiger partial charge in [-0.15, -0.1) is 0 Å². The normalized spacial score (nSPS) is 12.1. The van der Waals surface area contributed by atoms with Crippen molar-refractivity contribution in [1.82, 2.24) is 15.2 Å². The number of hydrogen-bond donors (Lipinski definition) is 2. The van der Waals surface area contributed by atoms with Gasteiger partial charge < -0.3 is 16.0 Å². The van der Waals surface area contributed by atoms with E-state index in [9.17, 15) is 17.6 Å². The first kappa shape index (κ1) is 29.3. The van der Waals surface area contributed by atoms with E-state index in [1.807, 2.05) is 0 Å². The monoisotopic (exact) mass is 542 g/mol. The number of alkyl halides is 3. The van der Waals surface area contributed by atoms with E-state index in [0.29, 0.717) is 19.3 Å². The van der Waals surface area contributed by atoms with Crippen LogP contribution in [0.5, 0.6) is 0 Å². The molecule has 1 aromatic rings. The second kappa shape index (κ2) is 13.7. The van der Waals surface area contributed by atoms with Crippen LogP contribution in [0.15, 0.2) is 43.9 Å². The molecule has 0 fully saturated rings. The molecule has 1 aromatic heterocycles. The fourth-order valence-corrected chi connectivity index (χ4v) is 2.39. The Morgan fingerprint density at radius 3 is 2.47 bits per heavy atom. The molecule has 158 valence electrons. The van der Waals surface area contributed by atoms with Crippen LogP contribution in [0.1, 0.15) is 28.9 Å². The average Bonchev–Trinajstić information content (AvgIpc) is 2.66. The summed E-state index contributed by atoms with van der Waals surface area (Å²) >= 11 is 0. The number of nitrogens with two attached hydrogens (primary N) is 1. The Kier molecular flexibility index (Phi) is 13.4. The van der Waals surface area contributed by atoms with Gasteiger partial charge in [0.25, 0.3) is 0 Å². The average molecular weight is 542 g/mol. The Bertz CT molecular complexity index is 827. The predicted molar refractivity (Wildman–Crippen MR) is 111 cm³/mol. The van der Waals surface area contributed by atoms with Gasteiger partial charge in [-0.3, -0.25) is 7.05 Å². The van der Waals surface area contributed by atoms with Crippen molar-refractivity contribution in [2.75, 3.05) is 20.1 Å². The summed E-state index contributed by atoms with van der Waals surface area (Å²) in [7, 11) is 5.41. The van der Waals surface area contributed by atoms with Gasteiger partial charge in [-0.2, -0.15) is 13.2 Å². The Morgan fingerprint density at radius 1 is 1.37 bits per heavy atom. The zero-order chi connectivity index (χ0) is 22.2. The fraction of sp³-hybridized carbons (Fsp3) is 0.238. The van der Waals surface area contributed by atoms with Crippen molar-refractivity contribution in [1.29, 1.82) is 0 Å². The van der Waals surface area contributed by atoms with Crippen LogP contribution in [-0.2, 0) is 0 Å². The van der Waals surface area contributed by atoms with Gasteiger partial charge in [0.1, 0.15) is 6.33 Å². The quantitative estimate of drug-likeness (QED) is 0.350. The maximum Gasteiger partial charge on any atom is 1.00 e. The van der Waals surface area contributed by atoms with Crippen LogP contribution in [-0.4, -0.2) is 36.2 Å². The molecule has 9 heteroatoms. The smallest absolute Gasteiger partial charge is 0.461 e. The minimum atomic E-state index is -4.68. The molecular formula is C21H25CsF4N4. The molecule has 1 rings (SSSR count). The molecule has 0 aliphatic rings. The predicted octanol–water partition coefficient (Wildman–Crippen LogP) is 1.76. The van der Waals surface area contributed by atoms with E-state index in [-0.39, 0.29) is 109 Å². The van der Waals surface area contributed by atoms with Gasteiger partial charge in [-0.25, -0.2) is 9.37 Å². The van der Waals surface area contributed by atoms with Gasteiger partial charge in [-0.1, -0.05) is 31.9 Å². The molecular weight excluding hydrogens is 517 g/mol. The van der Waals surface area contributed by atoms with E-state index in [1.165, 1.54) is 18.2 Å². The first-order chi connectivity index (χ1) is 13.5. The third kappa shape index (κ3) is 8.83. The molecule has 0 aliphatic carbocycles. The molecule has 3 N–H and O–H groups in total. The topological polar surface area (TPSA) is 54.2 Å². The third-order valence-corrected chi connectivity index (χ3v) is 3.87. The van der Waals surface area contributed by atoms with Crippen LogP contribution >= 0.6 is 0 Å². The molecule has 0 saturated heterocycles. The number of allylic oxidation sites excluding steroid dienone is 1. The molecule has 30 heavy (non-hydrogen) atoms. The zero-order valence-corrected chi connectivity index (χ0v) is 23.6. The molecule has 0 atom stereocenters. The largest absolute Gasteiger partial charge is 1.00 e. The van der Waals surface area contributed by atoms with Crippen molar-refractivity contribution in [2.24, 2.45) is 5.73 Å². The SMILES string of the molecule is C=Cc1c(C(=C)N/C(=C\F)CCN([CH2-])C)cc(/C=C/CN)nc1C(=C)C(F)(F)F.[Cs+]. The van der Waals surface area contributed by atoms with Crippen molar-refractivity contribution in [3.05, 3.63) is 73.5 Å². The summed E-state index contributed by atoms with van der Waals surface area (Å²) in [6.45, 7) is 11.2. The molecule has 0 aliphatic heterocycles. The van der Waals surface area contributed by atoms with E-state index in [0.717, 1.165) is 0 Å². The Hall–Kier alpha value is -0.658. The molecule has 0 radical (unpaired) electrons. The van der Waals surface area contributed by atoms with Crippen molar-refractivity contribution >= 4 is 23.4 Å². The summed E-state index contributed by atoms with van der Waals surface area (Å²) in [6, 6.07) is 1.52. The van der Waals surface area contributed by atoms with Gasteiger partial charge in [0.15, 0.2) is 0 Å². The summed E-state index contributed by atoms with van der Waals surface area (Å²) in [5, 5.41) is 2.80. The van der Waals surface area contributed by atoms with Crippen molar-refractivity contribution < 1.29 is 86.5 Å². The van der Waals surface area contributed by atoms with Crippen molar-refractivity contribution in [3.8, 4) is 0 Å². The number of nitrogens with zero attached hydrogens (tertiary/aromatic N) is 2. The van der Waals surface area contributed by atoms with Crippen molar-refractivity contribution in [2.45, 2.75) is 12.6 Å². The summed E-state index contributed by atoms with van der Waals surface area (Å²) < 4.78 is 53.1. The van der Waals surface area contributed by atoms with Crippen molar-refractivity contribution in [3.63, 3.8) is 0 Å². The number of nitrogens with one attached hydrogen (secondary N) is 1. The number of halogens is 4. The van der Waals surface area contributed by atoms with Gasteiger partial charge in [-0.05, 0) is 25.7 Å². The van der Waals surface area contributed by atoms with Crippen LogP contribution in [0, 0.1) is 7.05 Å². The minimum absolute atomic E-state index is 0. The number of rotatable bonds is 10. The Balaban J connectivity index is 0.00000841. The molecule has 0 bridgehead atoms. The van der Waals surface area contributed by atoms with Crippen LogP contribution in [0.3, 0.4) is 0 Å². The maximum atomic E-state index is 13.3. The Labute approximate surface area is 234 Å². The van der Waals surface area contributed by atoms with Crippen LogP contribution in [0.2, 0.25) is 0 Å². The molecule has 0 amide bonds. The number of pyridine rings is 1. The summed E-state index contributed by atoms with van der Waals surface area (Å²) in [4.78, 5) is 5.67. The second-order valence-corrected chi connectivity index (χ2v) is 6.24. The first-order valence-electron chi connectivity index (χ1n) is 8.62. The maximum absolute atomic E-state index is 13.3. The van der Waals surface area contributed by atoms with Gasteiger partial charge in [0, 0.05) is 35.5 Å². The molecule has 0 aromatic carbocycles. The van der Waals surface area contributed by atoms with Gasteiger partial charge in [0.2, 0.25) is 0 Å². The minimum Gasteiger partial charge on any atom is -0.461 e. The summed E-state index contributed by atoms with van der Waals surface area (Å²) in [6.07, 6.45) is 0.268. The van der Waals surface area contributed by atoms with Crippen LogP contribution in [0.4, 0.5) is 17.6 Å². The second-order valence-electron chi connectivity index (χ2n) is 6.24. The molecule has 0 saturated carbocycles. The van der Waals surface area contributed by atoms with Gasteiger partial charge >= 0.3 is 75.1 Å². The zero-order valence-electron chi connectivity index (χ0n) is 17.3. The van der Waals surface area contributed by atoms with Crippen LogP contribution in [0.25, 0.3) is 23.4 Å². The van der Waals surface area contributed by atoms with Crippen LogP contribution < -0.4 is 79.9 Å². The van der Waals surface area contributed by atoms with Gasteiger partial charge in [0.05, 0.1) is 17.0 Å². The molecule has 4 nitrogen and oxygen atoms in total. The van der Waals surface area contributed by atoms with E-state index in [1.54, 1.807) is 18.0 Å². The molecule has 0 unspecified atom stereocenters. The van der Waals surface area contributed by atoms with E-state index < -0.39 is 11.7 Å². The Morgan fingerprint density at radius 2 is 2.00 bits per heavy atom. The molecule has 1 heterocycles. The van der Waals surface area contributed by atoms with E-state index in [2.05, 4.69) is 37.1 Å².